The molecule has 0 aliphatic rings. The zero-order valence-electron chi connectivity index (χ0n) is 35.1. The largest absolute Gasteiger partial charge is 0.789 e. The Morgan fingerprint density at radius 3 is 0.468 bits per heavy atom. The average Bonchev–Trinajstić information content (AvgIpc) is 2.44. The predicted molar refractivity (Wildman–Crippen MR) is 209 cm³/mol. The first-order chi connectivity index (χ1) is 19.7. The molecule has 0 rings (SSSR count). The molecule has 0 bridgehead atoms. The lowest BCUT2D eigenvalue weighted by molar-refractivity contribution is -0.223. The lowest BCUT2D eigenvalue weighted by atomic mass is 10.2. The second kappa shape index (κ2) is 17.4. The van der Waals surface area contributed by atoms with Crippen molar-refractivity contribution in [2.75, 3.05) is 0 Å². The molecule has 9 nitrogen and oxygen atoms in total. The van der Waals surface area contributed by atoms with E-state index in [-0.39, 0.29) is 33.6 Å². The first-order valence-corrected chi connectivity index (χ1v) is 21.4. The summed E-state index contributed by atoms with van der Waals surface area (Å²) >= 11 is 0. The van der Waals surface area contributed by atoms with Crippen LogP contribution in [-0.2, 0) is 36.2 Å². The van der Waals surface area contributed by atoms with Crippen molar-refractivity contribution in [1.29, 1.82) is 0 Å². The zero-order valence-corrected chi connectivity index (χ0v) is 37.8. The second-order valence-electron chi connectivity index (χ2n) is 19.5. The van der Waals surface area contributed by atoms with Crippen molar-refractivity contribution in [3.63, 3.8) is 0 Å². The number of hydrogen-bond acceptors (Lipinski definition) is 9. The Labute approximate surface area is 293 Å². The normalized spacial score (nSPS) is 15.0. The summed E-state index contributed by atoms with van der Waals surface area (Å²) in [4.78, 5) is 11.7. The first-order valence-electron chi connectivity index (χ1n) is 16.2. The van der Waals surface area contributed by atoms with E-state index in [1.165, 1.54) is 0 Å². The standard InChI is InChI=1S/2C13H29O3P.C9H20O3P/c2*1-11(2,3)14-17(10,15-12(4,5)6)16-13(7,8)9;1-8(2,3)11-13(7,10)12-9(4,5)6/h2*10H2,1-9H3;7H2,1-6H3/q;;-1. The monoisotopic (exact) mass is 735 g/mol. The highest BCUT2D eigenvalue weighted by Gasteiger charge is 2.35. The molecule has 0 aromatic rings. The van der Waals surface area contributed by atoms with Gasteiger partial charge in [0.2, 0.25) is 0 Å². The van der Waals surface area contributed by atoms with Gasteiger partial charge in [0.15, 0.2) is 0 Å². The van der Waals surface area contributed by atoms with E-state index >= 15 is 0 Å². The Bertz CT molecular complexity index is 882. The van der Waals surface area contributed by atoms with Crippen LogP contribution in [0, 0.1) is 0 Å². The molecule has 0 fully saturated rings. The van der Waals surface area contributed by atoms with Gasteiger partial charge in [0.1, 0.15) is 0 Å². The molecule has 0 saturated heterocycles. The van der Waals surface area contributed by atoms with Crippen molar-refractivity contribution in [3.05, 3.63) is 0 Å². The fourth-order valence-electron chi connectivity index (χ4n) is 3.47. The van der Waals surface area contributed by atoms with Gasteiger partial charge in [-0.15, -0.1) is 0 Å². The van der Waals surface area contributed by atoms with E-state index in [0.29, 0.717) is 0 Å². The molecule has 0 aliphatic carbocycles. The Kier molecular flexibility index (Phi) is 19.2. The van der Waals surface area contributed by atoms with Gasteiger partial charge in [-0.2, -0.15) is 0 Å². The minimum Gasteiger partial charge on any atom is -0.789 e. The van der Waals surface area contributed by atoms with Crippen LogP contribution in [0.4, 0.5) is 0 Å². The minimum atomic E-state index is -3.19. The SMILES string of the molecule is C=P(OC(C)(C)C)(OC(C)(C)C)OC(C)(C)C.C=P(OC(C)(C)C)(OC(C)(C)C)OC(C)(C)C.C=P([O-])(OC(C)(C)C)OC(C)(C)C. The van der Waals surface area contributed by atoms with Gasteiger partial charge in [-0.05, 0) is 179 Å². The Morgan fingerprint density at radius 2 is 0.383 bits per heavy atom. The summed E-state index contributed by atoms with van der Waals surface area (Å²) in [6.45, 7) is 46.5. The van der Waals surface area contributed by atoms with Crippen molar-refractivity contribution >= 4 is 41.6 Å². The Balaban J connectivity index is -0.000000625. The second-order valence-corrected chi connectivity index (χ2v) is 24.6. The summed E-state index contributed by atoms with van der Waals surface area (Å²) in [5.41, 5.74) is -3.04. The average molecular weight is 736 g/mol. The van der Waals surface area contributed by atoms with Gasteiger partial charge in [-0.25, -0.2) is 0 Å². The Hall–Kier alpha value is 0.540. The lowest BCUT2D eigenvalue weighted by Crippen LogP contribution is -2.28. The van der Waals surface area contributed by atoms with Crippen LogP contribution in [0.2, 0.25) is 0 Å². The highest BCUT2D eigenvalue weighted by molar-refractivity contribution is 7.60. The fraction of sp³-hybridized carbons (Fsp3) is 0.914. The predicted octanol–water partition coefficient (Wildman–Crippen LogP) is 11.4. The highest BCUT2D eigenvalue weighted by atomic mass is 31.2. The third kappa shape index (κ3) is 39.2. The van der Waals surface area contributed by atoms with E-state index < -0.39 is 33.9 Å². The molecule has 12 heteroatoms. The molecule has 0 amide bonds. The number of rotatable bonds is 8. The topological polar surface area (TPSA) is 96.9 Å². The first kappa shape index (κ1) is 51.9. The molecule has 0 N–H and O–H groups in total. The molecule has 0 radical (unpaired) electrons. The van der Waals surface area contributed by atoms with Crippen LogP contribution in [0.5, 0.6) is 0 Å². The van der Waals surface area contributed by atoms with Gasteiger partial charge in [0.25, 0.3) is 15.1 Å². The summed E-state index contributed by atoms with van der Waals surface area (Å²) in [5, 5.41) is 0. The lowest BCUT2D eigenvalue weighted by Gasteiger charge is -2.40. The van der Waals surface area contributed by atoms with Gasteiger partial charge in [-0.3, -0.25) is 0 Å². The van der Waals surface area contributed by atoms with Crippen molar-refractivity contribution in [3.8, 4) is 0 Å². The van der Waals surface area contributed by atoms with Crippen LogP contribution < -0.4 is 4.89 Å². The minimum absolute atomic E-state index is 0.341. The van der Waals surface area contributed by atoms with Gasteiger partial charge in [0.05, 0.1) is 44.8 Å². The fourth-order valence-corrected chi connectivity index (χ4v) is 10.4. The van der Waals surface area contributed by atoms with E-state index in [0.717, 1.165) is 0 Å². The molecular formula is C35H78O9P3-. The van der Waals surface area contributed by atoms with Crippen molar-refractivity contribution in [2.45, 2.75) is 211 Å². The van der Waals surface area contributed by atoms with E-state index in [1.54, 1.807) is 0 Å². The van der Waals surface area contributed by atoms with Gasteiger partial charge in [-0.1, -0.05) is 6.30 Å². The summed E-state index contributed by atoms with van der Waals surface area (Å²) in [7, 11) is -8.35. The summed E-state index contributed by atoms with van der Waals surface area (Å²) < 4.78 is 46.0. The van der Waals surface area contributed by atoms with Crippen molar-refractivity contribution in [1.82, 2.24) is 0 Å². The third-order valence-electron chi connectivity index (χ3n) is 3.30. The third-order valence-corrected chi connectivity index (χ3v) is 9.91. The van der Waals surface area contributed by atoms with Gasteiger partial charge >= 0.3 is 0 Å². The smallest absolute Gasteiger partial charge is 0.252 e. The molecule has 0 saturated carbocycles. The van der Waals surface area contributed by atoms with Crippen molar-refractivity contribution in [2.24, 2.45) is 0 Å². The molecule has 0 spiro atoms. The summed E-state index contributed by atoms with van der Waals surface area (Å²) in [6.07, 6.45) is 11.6. The quantitative estimate of drug-likeness (QED) is 0.226. The molecular weight excluding hydrogens is 657 g/mol. The van der Waals surface area contributed by atoms with E-state index in [4.69, 9.17) is 36.2 Å². The van der Waals surface area contributed by atoms with Gasteiger partial charge in [0, 0.05) is 7.57 Å². The molecule has 288 valence electrons. The van der Waals surface area contributed by atoms with Gasteiger partial charge < -0.3 is 41.1 Å². The summed E-state index contributed by atoms with van der Waals surface area (Å²) in [6, 6.07) is 0. The molecule has 0 heterocycles. The number of hydrogen-bond donors (Lipinski definition) is 0. The van der Waals surface area contributed by atoms with Crippen LogP contribution in [-0.4, -0.2) is 63.7 Å². The van der Waals surface area contributed by atoms with E-state index in [2.05, 4.69) is 18.9 Å². The maximum atomic E-state index is 11.7. The van der Waals surface area contributed by atoms with E-state index in [9.17, 15) is 4.89 Å². The van der Waals surface area contributed by atoms with Crippen LogP contribution >= 0.6 is 22.7 Å². The Morgan fingerprint density at radius 1 is 0.277 bits per heavy atom. The van der Waals surface area contributed by atoms with Crippen LogP contribution in [0.1, 0.15) is 166 Å². The molecule has 0 unspecified atom stereocenters. The molecule has 0 atom stereocenters. The molecule has 0 aromatic heterocycles. The van der Waals surface area contributed by atoms with Crippen LogP contribution in [0.15, 0.2) is 0 Å². The highest BCUT2D eigenvalue weighted by Crippen LogP contribution is 2.58. The zero-order chi connectivity index (χ0) is 39.2. The maximum Gasteiger partial charge on any atom is 0.252 e. The molecule has 47 heavy (non-hydrogen) atoms. The maximum absolute atomic E-state index is 11.7. The van der Waals surface area contributed by atoms with E-state index in [1.807, 2.05) is 166 Å². The van der Waals surface area contributed by atoms with Crippen LogP contribution in [0.25, 0.3) is 0 Å². The van der Waals surface area contributed by atoms with Crippen molar-refractivity contribution < 1.29 is 41.1 Å². The molecule has 0 aliphatic heterocycles. The summed E-state index contributed by atoms with van der Waals surface area (Å²) in [5.74, 6) is 0. The van der Waals surface area contributed by atoms with Crippen LogP contribution in [0.3, 0.4) is 0 Å². The molecule has 0 aromatic carbocycles.